The first-order chi connectivity index (χ1) is 13.2. The fourth-order valence-corrected chi connectivity index (χ4v) is 3.33. The number of hydrogen-bond acceptors (Lipinski definition) is 6. The molecular formula is C21H42N6. The lowest BCUT2D eigenvalue weighted by molar-refractivity contribution is 0.584. The molecule has 2 rings (SSSR count). The van der Waals surface area contributed by atoms with Crippen molar-refractivity contribution in [1.29, 1.82) is 0 Å². The summed E-state index contributed by atoms with van der Waals surface area (Å²) in [6.45, 7) is 23.3. The summed E-state index contributed by atoms with van der Waals surface area (Å²) in [7, 11) is 0. The molecule has 0 aromatic carbocycles. The van der Waals surface area contributed by atoms with Crippen LogP contribution in [0.15, 0.2) is 12.1 Å². The highest BCUT2D eigenvalue weighted by Gasteiger charge is 2.20. The molecule has 0 unspecified atom stereocenters. The van der Waals surface area contributed by atoms with Gasteiger partial charge in [-0.25, -0.2) is 4.98 Å². The van der Waals surface area contributed by atoms with E-state index in [2.05, 4.69) is 79.0 Å². The number of anilines is 3. The highest BCUT2D eigenvalue weighted by Crippen LogP contribution is 2.30. The molecule has 6 nitrogen and oxygen atoms in total. The van der Waals surface area contributed by atoms with Gasteiger partial charge in [0.05, 0.1) is 5.69 Å². The standard InChI is InChI=1S/C17H31N5.C4H11N/c1-5-20(6-2)15-9-10-16(21(7-3)8-4)19-17(15)22-13-11-18-12-14-22;1-3-5-4-2/h9-10,18H,5-8,11-14H2,1-4H3;5H,3-4H2,1-2H3. The minimum absolute atomic E-state index is 0.995. The van der Waals surface area contributed by atoms with Crippen LogP contribution in [0.5, 0.6) is 0 Å². The summed E-state index contributed by atoms with van der Waals surface area (Å²) in [6.07, 6.45) is 0. The van der Waals surface area contributed by atoms with Crippen LogP contribution in [0.4, 0.5) is 17.3 Å². The normalized spacial score (nSPS) is 13.8. The number of nitrogens with one attached hydrogen (secondary N) is 2. The molecule has 1 fully saturated rings. The number of piperazine rings is 1. The van der Waals surface area contributed by atoms with Crippen LogP contribution in [-0.4, -0.2) is 70.4 Å². The van der Waals surface area contributed by atoms with Crippen molar-refractivity contribution in [3.05, 3.63) is 12.1 Å². The first-order valence-electron chi connectivity index (χ1n) is 10.8. The van der Waals surface area contributed by atoms with E-state index in [1.807, 2.05) is 0 Å². The summed E-state index contributed by atoms with van der Waals surface area (Å²) in [6, 6.07) is 4.43. The molecule has 0 bridgehead atoms. The van der Waals surface area contributed by atoms with Crippen LogP contribution in [0.1, 0.15) is 41.5 Å². The molecule has 1 aliphatic rings. The summed E-state index contributed by atoms with van der Waals surface area (Å²) >= 11 is 0. The Morgan fingerprint density at radius 2 is 1.44 bits per heavy atom. The van der Waals surface area contributed by atoms with Crippen molar-refractivity contribution in [2.45, 2.75) is 41.5 Å². The monoisotopic (exact) mass is 378 g/mol. The molecular weight excluding hydrogens is 336 g/mol. The second-order valence-corrected chi connectivity index (χ2v) is 6.55. The molecule has 0 radical (unpaired) electrons. The van der Waals surface area contributed by atoms with Gasteiger partial charge in [0, 0.05) is 52.4 Å². The summed E-state index contributed by atoms with van der Waals surface area (Å²) in [5.74, 6) is 2.24. The Labute approximate surface area is 167 Å². The van der Waals surface area contributed by atoms with Gasteiger partial charge in [-0.15, -0.1) is 0 Å². The van der Waals surface area contributed by atoms with Crippen LogP contribution in [0.3, 0.4) is 0 Å². The lowest BCUT2D eigenvalue weighted by Gasteiger charge is -2.34. The van der Waals surface area contributed by atoms with E-state index in [9.17, 15) is 0 Å². The maximum Gasteiger partial charge on any atom is 0.154 e. The number of rotatable bonds is 9. The second-order valence-electron chi connectivity index (χ2n) is 6.55. The third-order valence-electron chi connectivity index (χ3n) is 4.95. The van der Waals surface area contributed by atoms with Gasteiger partial charge in [0.15, 0.2) is 5.82 Å². The molecule has 0 atom stereocenters. The molecule has 6 heteroatoms. The maximum absolute atomic E-state index is 5.04. The molecule has 1 aromatic rings. The molecule has 2 heterocycles. The van der Waals surface area contributed by atoms with Gasteiger partial charge in [-0.2, -0.15) is 0 Å². The molecule has 0 amide bonds. The molecule has 156 valence electrons. The topological polar surface area (TPSA) is 46.7 Å². The van der Waals surface area contributed by atoms with Gasteiger partial charge >= 0.3 is 0 Å². The molecule has 2 N–H and O–H groups in total. The predicted octanol–water partition coefficient (Wildman–Crippen LogP) is 2.80. The van der Waals surface area contributed by atoms with Crippen LogP contribution >= 0.6 is 0 Å². The maximum atomic E-state index is 5.04. The molecule has 1 aromatic heterocycles. The van der Waals surface area contributed by atoms with Crippen molar-refractivity contribution in [3.8, 4) is 0 Å². The predicted molar refractivity (Wildman–Crippen MR) is 121 cm³/mol. The van der Waals surface area contributed by atoms with Crippen molar-refractivity contribution in [2.75, 3.05) is 80.1 Å². The third-order valence-corrected chi connectivity index (χ3v) is 4.95. The smallest absolute Gasteiger partial charge is 0.154 e. The lowest BCUT2D eigenvalue weighted by Crippen LogP contribution is -2.44. The molecule has 1 saturated heterocycles. The quantitative estimate of drug-likeness (QED) is 0.689. The van der Waals surface area contributed by atoms with E-state index in [1.165, 1.54) is 5.69 Å². The molecule has 0 aliphatic carbocycles. The van der Waals surface area contributed by atoms with E-state index >= 15 is 0 Å². The Morgan fingerprint density at radius 3 is 1.89 bits per heavy atom. The molecule has 1 aliphatic heterocycles. The van der Waals surface area contributed by atoms with Gasteiger partial charge < -0.3 is 25.3 Å². The Bertz CT molecular complexity index is 491. The van der Waals surface area contributed by atoms with Crippen LogP contribution in [-0.2, 0) is 0 Å². The van der Waals surface area contributed by atoms with Gasteiger partial charge in [0.25, 0.3) is 0 Å². The number of aromatic nitrogens is 1. The van der Waals surface area contributed by atoms with Crippen molar-refractivity contribution in [3.63, 3.8) is 0 Å². The fourth-order valence-electron chi connectivity index (χ4n) is 3.33. The lowest BCUT2D eigenvalue weighted by atomic mass is 10.2. The Balaban J connectivity index is 0.000000646. The van der Waals surface area contributed by atoms with Gasteiger partial charge in [-0.3, -0.25) is 0 Å². The summed E-state index contributed by atoms with van der Waals surface area (Å²) in [5, 5.41) is 6.54. The third kappa shape index (κ3) is 7.18. The average molecular weight is 379 g/mol. The van der Waals surface area contributed by atoms with Crippen molar-refractivity contribution < 1.29 is 0 Å². The van der Waals surface area contributed by atoms with E-state index in [0.29, 0.717) is 0 Å². The average Bonchev–Trinajstić information content (AvgIpc) is 2.72. The largest absolute Gasteiger partial charge is 0.369 e. The minimum atomic E-state index is 0.995. The first kappa shape index (κ1) is 23.5. The first-order valence-corrected chi connectivity index (χ1v) is 10.8. The van der Waals surface area contributed by atoms with Gasteiger partial charge in [-0.05, 0) is 52.9 Å². The zero-order valence-corrected chi connectivity index (χ0v) is 18.5. The highest BCUT2D eigenvalue weighted by molar-refractivity contribution is 5.70. The van der Waals surface area contributed by atoms with Crippen molar-refractivity contribution >= 4 is 17.3 Å². The summed E-state index contributed by atoms with van der Waals surface area (Å²) in [4.78, 5) is 12.2. The highest BCUT2D eigenvalue weighted by atomic mass is 15.3. The number of pyridine rings is 1. The molecule has 27 heavy (non-hydrogen) atoms. The van der Waals surface area contributed by atoms with E-state index in [4.69, 9.17) is 4.98 Å². The van der Waals surface area contributed by atoms with E-state index in [-0.39, 0.29) is 0 Å². The minimum Gasteiger partial charge on any atom is -0.369 e. The SMILES string of the molecule is CCN(CC)c1ccc(N(CC)CC)c(N2CCNCC2)n1.CCNCC. The molecule has 0 spiro atoms. The second kappa shape index (κ2) is 13.6. The van der Waals surface area contributed by atoms with Crippen LogP contribution < -0.4 is 25.3 Å². The number of hydrogen-bond donors (Lipinski definition) is 2. The van der Waals surface area contributed by atoms with Gasteiger partial charge in [0.1, 0.15) is 5.82 Å². The summed E-state index contributed by atoms with van der Waals surface area (Å²) in [5.41, 5.74) is 1.27. The van der Waals surface area contributed by atoms with Crippen LogP contribution in [0, 0.1) is 0 Å². The van der Waals surface area contributed by atoms with Gasteiger partial charge in [0.2, 0.25) is 0 Å². The zero-order valence-electron chi connectivity index (χ0n) is 18.5. The Kier molecular flexibility index (Phi) is 11.9. The summed E-state index contributed by atoms with van der Waals surface area (Å²) < 4.78 is 0. The van der Waals surface area contributed by atoms with Crippen molar-refractivity contribution in [1.82, 2.24) is 15.6 Å². The van der Waals surface area contributed by atoms with Crippen LogP contribution in [0.2, 0.25) is 0 Å². The zero-order chi connectivity index (χ0) is 20.1. The number of nitrogens with zero attached hydrogens (tertiary/aromatic N) is 4. The van der Waals surface area contributed by atoms with E-state index < -0.39 is 0 Å². The van der Waals surface area contributed by atoms with Crippen molar-refractivity contribution in [2.24, 2.45) is 0 Å². The molecule has 0 saturated carbocycles. The van der Waals surface area contributed by atoms with Gasteiger partial charge in [-0.1, -0.05) is 13.8 Å². The Morgan fingerprint density at radius 1 is 0.889 bits per heavy atom. The Hall–Kier alpha value is -1.53. The van der Waals surface area contributed by atoms with E-state index in [0.717, 1.165) is 77.1 Å². The fraction of sp³-hybridized carbons (Fsp3) is 0.762. The van der Waals surface area contributed by atoms with Crippen LogP contribution in [0.25, 0.3) is 0 Å². The van der Waals surface area contributed by atoms with E-state index in [1.54, 1.807) is 0 Å².